The van der Waals surface area contributed by atoms with Crippen LogP contribution in [0.3, 0.4) is 0 Å². The van der Waals surface area contributed by atoms with Gasteiger partial charge in [0.05, 0.1) is 12.5 Å². The van der Waals surface area contributed by atoms with Crippen LogP contribution >= 0.6 is 0 Å². The number of ether oxygens (including phenoxy) is 1. The van der Waals surface area contributed by atoms with E-state index < -0.39 is 5.41 Å². The standard InChI is InChI=1S/C18H20O2/c1-14-8-10-15(11-9-14)12-18(2,13-19)16-6-4-5-7-17(16)20-3/h4-11,13H,12H2,1-3H3. The average molecular weight is 268 g/mol. The van der Waals surface area contributed by atoms with Gasteiger partial charge in [-0.3, -0.25) is 0 Å². The molecule has 2 heteroatoms. The molecule has 0 spiro atoms. The van der Waals surface area contributed by atoms with Gasteiger partial charge in [-0.05, 0) is 31.9 Å². The summed E-state index contributed by atoms with van der Waals surface area (Å²) in [5.74, 6) is 0.759. The van der Waals surface area contributed by atoms with Crippen LogP contribution in [0.1, 0.15) is 23.6 Å². The summed E-state index contributed by atoms with van der Waals surface area (Å²) in [4.78, 5) is 11.7. The van der Waals surface area contributed by atoms with Gasteiger partial charge in [-0.2, -0.15) is 0 Å². The molecule has 0 aliphatic rings. The highest BCUT2D eigenvalue weighted by Crippen LogP contribution is 2.33. The van der Waals surface area contributed by atoms with E-state index in [2.05, 4.69) is 31.2 Å². The molecule has 0 saturated heterocycles. The van der Waals surface area contributed by atoms with Crippen molar-refractivity contribution in [1.82, 2.24) is 0 Å². The number of carbonyl (C=O) groups excluding carboxylic acids is 1. The zero-order valence-electron chi connectivity index (χ0n) is 12.2. The molecule has 0 aromatic heterocycles. The summed E-state index contributed by atoms with van der Waals surface area (Å²) in [7, 11) is 1.63. The molecule has 2 aromatic rings. The van der Waals surface area contributed by atoms with Crippen molar-refractivity contribution in [3.05, 3.63) is 65.2 Å². The minimum Gasteiger partial charge on any atom is -0.496 e. The summed E-state index contributed by atoms with van der Waals surface area (Å²) in [6.07, 6.45) is 1.68. The lowest BCUT2D eigenvalue weighted by atomic mass is 9.78. The fourth-order valence-corrected chi connectivity index (χ4v) is 2.45. The Bertz CT molecular complexity index is 587. The number of para-hydroxylation sites is 1. The van der Waals surface area contributed by atoms with E-state index in [0.29, 0.717) is 6.42 Å². The molecule has 0 heterocycles. The van der Waals surface area contributed by atoms with Crippen molar-refractivity contribution in [1.29, 1.82) is 0 Å². The summed E-state index contributed by atoms with van der Waals surface area (Å²) in [5, 5.41) is 0. The molecule has 104 valence electrons. The van der Waals surface area contributed by atoms with Gasteiger partial charge in [0.2, 0.25) is 0 Å². The van der Waals surface area contributed by atoms with Gasteiger partial charge in [0.1, 0.15) is 12.0 Å². The molecule has 0 amide bonds. The van der Waals surface area contributed by atoms with Crippen molar-refractivity contribution in [3.63, 3.8) is 0 Å². The van der Waals surface area contributed by atoms with E-state index in [-0.39, 0.29) is 0 Å². The average Bonchev–Trinajstić information content (AvgIpc) is 2.49. The highest BCUT2D eigenvalue weighted by molar-refractivity contribution is 5.70. The number of benzene rings is 2. The topological polar surface area (TPSA) is 26.3 Å². The van der Waals surface area contributed by atoms with Crippen LogP contribution in [0.15, 0.2) is 48.5 Å². The Kier molecular flexibility index (Phi) is 4.23. The van der Waals surface area contributed by atoms with Crippen molar-refractivity contribution >= 4 is 6.29 Å². The van der Waals surface area contributed by atoms with Gasteiger partial charge < -0.3 is 9.53 Å². The molecule has 0 saturated carbocycles. The minimum atomic E-state index is -0.581. The van der Waals surface area contributed by atoms with Gasteiger partial charge >= 0.3 is 0 Å². The largest absolute Gasteiger partial charge is 0.496 e. The smallest absolute Gasteiger partial charge is 0.130 e. The maximum absolute atomic E-state index is 11.7. The third kappa shape index (κ3) is 2.90. The van der Waals surface area contributed by atoms with Crippen LogP contribution in [0, 0.1) is 6.92 Å². The van der Waals surface area contributed by atoms with E-state index in [1.54, 1.807) is 7.11 Å². The Morgan fingerprint density at radius 2 is 1.75 bits per heavy atom. The summed E-state index contributed by atoms with van der Waals surface area (Å²) < 4.78 is 5.39. The number of aryl methyl sites for hydroxylation is 1. The number of hydrogen-bond acceptors (Lipinski definition) is 2. The third-order valence-corrected chi connectivity index (χ3v) is 3.67. The van der Waals surface area contributed by atoms with Crippen molar-refractivity contribution < 1.29 is 9.53 Å². The van der Waals surface area contributed by atoms with Gasteiger partial charge in [0.15, 0.2) is 0 Å². The number of rotatable bonds is 5. The van der Waals surface area contributed by atoms with Gasteiger partial charge in [0, 0.05) is 5.56 Å². The van der Waals surface area contributed by atoms with Crippen LogP contribution in [0.5, 0.6) is 5.75 Å². The van der Waals surface area contributed by atoms with E-state index >= 15 is 0 Å². The second-order valence-electron chi connectivity index (χ2n) is 5.40. The van der Waals surface area contributed by atoms with Gasteiger partial charge in [-0.1, -0.05) is 48.0 Å². The molecule has 0 bridgehead atoms. The molecular weight excluding hydrogens is 248 g/mol. The number of carbonyl (C=O) groups is 1. The molecule has 2 aromatic carbocycles. The van der Waals surface area contributed by atoms with E-state index in [1.165, 1.54) is 5.56 Å². The van der Waals surface area contributed by atoms with Crippen LogP contribution in [-0.4, -0.2) is 13.4 Å². The lowest BCUT2D eigenvalue weighted by molar-refractivity contribution is -0.112. The third-order valence-electron chi connectivity index (χ3n) is 3.67. The second kappa shape index (κ2) is 5.91. The van der Waals surface area contributed by atoms with Crippen LogP contribution in [0.25, 0.3) is 0 Å². The Balaban J connectivity index is 2.38. The Morgan fingerprint density at radius 3 is 2.35 bits per heavy atom. The molecule has 0 radical (unpaired) electrons. The number of hydrogen-bond donors (Lipinski definition) is 0. The minimum absolute atomic E-state index is 0.581. The zero-order valence-corrected chi connectivity index (χ0v) is 12.2. The molecule has 1 atom stereocenters. The predicted molar refractivity (Wildman–Crippen MR) is 81.3 cm³/mol. The van der Waals surface area contributed by atoms with Gasteiger partial charge in [0.25, 0.3) is 0 Å². The van der Waals surface area contributed by atoms with E-state index in [0.717, 1.165) is 23.2 Å². The van der Waals surface area contributed by atoms with E-state index in [4.69, 9.17) is 4.74 Å². The Morgan fingerprint density at radius 1 is 1.10 bits per heavy atom. The first-order valence-electron chi connectivity index (χ1n) is 6.74. The Hall–Kier alpha value is -2.09. The molecule has 2 nitrogen and oxygen atoms in total. The van der Waals surface area contributed by atoms with Crippen molar-refractivity contribution in [3.8, 4) is 5.75 Å². The Labute approximate surface area is 120 Å². The fourth-order valence-electron chi connectivity index (χ4n) is 2.45. The summed E-state index contributed by atoms with van der Waals surface area (Å²) in [5.41, 5.74) is 2.72. The quantitative estimate of drug-likeness (QED) is 0.773. The van der Waals surface area contributed by atoms with Crippen LogP contribution < -0.4 is 4.74 Å². The lowest BCUT2D eigenvalue weighted by Crippen LogP contribution is -2.27. The van der Waals surface area contributed by atoms with Gasteiger partial charge in [-0.25, -0.2) is 0 Å². The molecule has 0 fully saturated rings. The van der Waals surface area contributed by atoms with Crippen molar-refractivity contribution in [2.24, 2.45) is 0 Å². The predicted octanol–water partition coefficient (Wildman–Crippen LogP) is 3.70. The monoisotopic (exact) mass is 268 g/mol. The van der Waals surface area contributed by atoms with Gasteiger partial charge in [-0.15, -0.1) is 0 Å². The van der Waals surface area contributed by atoms with Crippen molar-refractivity contribution in [2.45, 2.75) is 25.7 Å². The summed E-state index contributed by atoms with van der Waals surface area (Å²) >= 11 is 0. The number of methoxy groups -OCH3 is 1. The van der Waals surface area contributed by atoms with Crippen molar-refractivity contribution in [2.75, 3.05) is 7.11 Å². The maximum Gasteiger partial charge on any atom is 0.130 e. The SMILES string of the molecule is COc1ccccc1C(C)(C=O)Cc1ccc(C)cc1. The van der Waals surface area contributed by atoms with E-state index in [1.807, 2.05) is 31.2 Å². The molecule has 20 heavy (non-hydrogen) atoms. The van der Waals surface area contributed by atoms with Crippen LogP contribution in [-0.2, 0) is 16.6 Å². The van der Waals surface area contributed by atoms with E-state index in [9.17, 15) is 4.79 Å². The first-order chi connectivity index (χ1) is 9.59. The highest BCUT2D eigenvalue weighted by atomic mass is 16.5. The number of aldehydes is 1. The zero-order chi connectivity index (χ0) is 14.6. The molecule has 0 aliphatic carbocycles. The summed E-state index contributed by atoms with van der Waals surface area (Å²) in [6.45, 7) is 4.01. The molecule has 0 aliphatic heterocycles. The fraction of sp³-hybridized carbons (Fsp3) is 0.278. The summed E-state index contributed by atoms with van der Waals surface area (Å²) in [6, 6.07) is 16.0. The normalized spacial score (nSPS) is 13.6. The second-order valence-corrected chi connectivity index (χ2v) is 5.40. The molecule has 1 unspecified atom stereocenters. The first kappa shape index (κ1) is 14.3. The molecule has 2 rings (SSSR count). The highest BCUT2D eigenvalue weighted by Gasteiger charge is 2.29. The maximum atomic E-state index is 11.7. The lowest BCUT2D eigenvalue weighted by Gasteiger charge is -2.25. The molecule has 0 N–H and O–H groups in total. The molecular formula is C18H20O2. The van der Waals surface area contributed by atoms with Crippen LogP contribution in [0.4, 0.5) is 0 Å². The van der Waals surface area contributed by atoms with Crippen LogP contribution in [0.2, 0.25) is 0 Å². The first-order valence-corrected chi connectivity index (χ1v) is 6.74.